The third kappa shape index (κ3) is 6.17. The van der Waals surface area contributed by atoms with Crippen LogP contribution in [0.4, 0.5) is 0 Å². The summed E-state index contributed by atoms with van der Waals surface area (Å²) in [6.07, 6.45) is 0. The standard InChI is InChI=1S/C17H28N2O2/c1-12-7-8-14(15(9-12)21-17(3,4)5)11-19-16(20)13(2)10-18-6/h7-9,13,18H,10-11H2,1-6H3,(H,19,20). The summed E-state index contributed by atoms with van der Waals surface area (Å²) in [7, 11) is 1.85. The first-order chi connectivity index (χ1) is 9.73. The second-order valence-electron chi connectivity index (χ2n) is 6.50. The summed E-state index contributed by atoms with van der Waals surface area (Å²) in [6.45, 7) is 11.2. The highest BCUT2D eigenvalue weighted by molar-refractivity contribution is 5.78. The van der Waals surface area contributed by atoms with Gasteiger partial charge < -0.3 is 15.4 Å². The summed E-state index contributed by atoms with van der Waals surface area (Å²) < 4.78 is 5.99. The summed E-state index contributed by atoms with van der Waals surface area (Å²) in [5.41, 5.74) is 1.89. The minimum atomic E-state index is -0.258. The summed E-state index contributed by atoms with van der Waals surface area (Å²) in [6, 6.07) is 6.07. The molecule has 1 aromatic rings. The fraction of sp³-hybridized carbons (Fsp3) is 0.588. The lowest BCUT2D eigenvalue weighted by Crippen LogP contribution is -2.34. The molecule has 21 heavy (non-hydrogen) atoms. The van der Waals surface area contributed by atoms with Gasteiger partial charge in [-0.3, -0.25) is 4.79 Å². The maximum absolute atomic E-state index is 12.0. The second kappa shape index (κ2) is 7.46. The first-order valence-corrected chi connectivity index (χ1v) is 7.44. The van der Waals surface area contributed by atoms with Crippen LogP contribution in [0.25, 0.3) is 0 Å². The molecule has 0 fully saturated rings. The number of ether oxygens (including phenoxy) is 1. The lowest BCUT2D eigenvalue weighted by Gasteiger charge is -2.24. The summed E-state index contributed by atoms with van der Waals surface area (Å²) in [5, 5.41) is 5.98. The number of carbonyl (C=O) groups excluding carboxylic acids is 1. The molecule has 0 saturated heterocycles. The minimum absolute atomic E-state index is 0.0478. The van der Waals surface area contributed by atoms with Gasteiger partial charge in [0.1, 0.15) is 11.4 Å². The molecule has 118 valence electrons. The highest BCUT2D eigenvalue weighted by Gasteiger charge is 2.16. The molecule has 0 bridgehead atoms. The van der Waals surface area contributed by atoms with Crippen molar-refractivity contribution < 1.29 is 9.53 Å². The zero-order valence-electron chi connectivity index (χ0n) is 14.0. The Labute approximate surface area is 128 Å². The third-order valence-corrected chi connectivity index (χ3v) is 3.05. The summed E-state index contributed by atoms with van der Waals surface area (Å²) in [4.78, 5) is 12.0. The zero-order chi connectivity index (χ0) is 16.0. The number of hydrogen-bond donors (Lipinski definition) is 2. The molecule has 0 aliphatic rings. The lowest BCUT2D eigenvalue weighted by atomic mass is 10.1. The molecule has 1 unspecified atom stereocenters. The number of carbonyl (C=O) groups is 1. The maximum Gasteiger partial charge on any atom is 0.224 e. The van der Waals surface area contributed by atoms with Crippen LogP contribution >= 0.6 is 0 Å². The number of benzene rings is 1. The van der Waals surface area contributed by atoms with Crippen LogP contribution in [-0.2, 0) is 11.3 Å². The van der Waals surface area contributed by atoms with Crippen molar-refractivity contribution in [2.75, 3.05) is 13.6 Å². The van der Waals surface area contributed by atoms with Crippen LogP contribution in [-0.4, -0.2) is 25.1 Å². The highest BCUT2D eigenvalue weighted by Crippen LogP contribution is 2.24. The molecule has 1 amide bonds. The first-order valence-electron chi connectivity index (χ1n) is 7.44. The van der Waals surface area contributed by atoms with Crippen molar-refractivity contribution in [2.45, 2.75) is 46.8 Å². The molecule has 0 spiro atoms. The fourth-order valence-corrected chi connectivity index (χ4v) is 1.99. The molecule has 4 heteroatoms. The SMILES string of the molecule is CNCC(C)C(=O)NCc1ccc(C)cc1OC(C)(C)C. The Kier molecular flexibility index (Phi) is 6.21. The molecule has 0 radical (unpaired) electrons. The number of hydrogen-bond acceptors (Lipinski definition) is 3. The van der Waals surface area contributed by atoms with Crippen molar-refractivity contribution in [3.63, 3.8) is 0 Å². The van der Waals surface area contributed by atoms with Gasteiger partial charge in [-0.25, -0.2) is 0 Å². The molecule has 0 aliphatic carbocycles. The van der Waals surface area contributed by atoms with Crippen LogP contribution in [0.15, 0.2) is 18.2 Å². The molecule has 1 atom stereocenters. The molecule has 0 heterocycles. The molecule has 0 aliphatic heterocycles. The Morgan fingerprint density at radius 2 is 2.00 bits per heavy atom. The topological polar surface area (TPSA) is 50.4 Å². The molecule has 1 rings (SSSR count). The Hall–Kier alpha value is -1.55. The van der Waals surface area contributed by atoms with Crippen molar-refractivity contribution in [2.24, 2.45) is 5.92 Å². The average Bonchev–Trinajstić information content (AvgIpc) is 2.35. The number of aryl methyl sites for hydroxylation is 1. The average molecular weight is 292 g/mol. The van der Waals surface area contributed by atoms with Gasteiger partial charge in [0.05, 0.1) is 0 Å². The van der Waals surface area contributed by atoms with E-state index < -0.39 is 0 Å². The quantitative estimate of drug-likeness (QED) is 0.847. The molecule has 4 nitrogen and oxygen atoms in total. The van der Waals surface area contributed by atoms with E-state index >= 15 is 0 Å². The van der Waals surface area contributed by atoms with E-state index in [9.17, 15) is 4.79 Å². The number of amides is 1. The highest BCUT2D eigenvalue weighted by atomic mass is 16.5. The van der Waals surface area contributed by atoms with Crippen LogP contribution in [0.2, 0.25) is 0 Å². The van der Waals surface area contributed by atoms with Gasteiger partial charge in [-0.1, -0.05) is 19.1 Å². The fourth-order valence-electron chi connectivity index (χ4n) is 1.99. The van der Waals surface area contributed by atoms with Crippen LogP contribution in [0.3, 0.4) is 0 Å². The van der Waals surface area contributed by atoms with E-state index in [0.717, 1.165) is 16.9 Å². The lowest BCUT2D eigenvalue weighted by molar-refractivity contribution is -0.124. The van der Waals surface area contributed by atoms with Gasteiger partial charge >= 0.3 is 0 Å². The van der Waals surface area contributed by atoms with Gasteiger partial charge in [-0.05, 0) is 46.4 Å². The minimum Gasteiger partial charge on any atom is -0.488 e. The zero-order valence-corrected chi connectivity index (χ0v) is 14.0. The van der Waals surface area contributed by atoms with E-state index in [1.165, 1.54) is 0 Å². The van der Waals surface area contributed by atoms with E-state index in [2.05, 4.69) is 10.6 Å². The van der Waals surface area contributed by atoms with Crippen LogP contribution < -0.4 is 15.4 Å². The van der Waals surface area contributed by atoms with Gasteiger partial charge in [-0.2, -0.15) is 0 Å². The van der Waals surface area contributed by atoms with Gasteiger partial charge in [0.2, 0.25) is 5.91 Å². The molecule has 0 saturated carbocycles. The van der Waals surface area contributed by atoms with Crippen molar-refractivity contribution in [3.8, 4) is 5.75 Å². The van der Waals surface area contributed by atoms with Crippen molar-refractivity contribution in [1.29, 1.82) is 0 Å². The Morgan fingerprint density at radius 1 is 1.33 bits per heavy atom. The number of rotatable bonds is 6. The van der Waals surface area contributed by atoms with Crippen LogP contribution in [0.5, 0.6) is 5.75 Å². The van der Waals surface area contributed by atoms with Gasteiger partial charge in [0.15, 0.2) is 0 Å². The van der Waals surface area contributed by atoms with E-state index in [1.807, 2.05) is 59.9 Å². The molecular formula is C17H28N2O2. The maximum atomic E-state index is 12.0. The van der Waals surface area contributed by atoms with Crippen molar-refractivity contribution in [3.05, 3.63) is 29.3 Å². The van der Waals surface area contributed by atoms with E-state index in [0.29, 0.717) is 13.1 Å². The molecule has 2 N–H and O–H groups in total. The second-order valence-corrected chi connectivity index (χ2v) is 6.50. The predicted octanol–water partition coefficient (Wildman–Crippen LogP) is 2.64. The Morgan fingerprint density at radius 3 is 2.57 bits per heavy atom. The van der Waals surface area contributed by atoms with E-state index in [1.54, 1.807) is 0 Å². The third-order valence-electron chi connectivity index (χ3n) is 3.05. The molecule has 0 aromatic heterocycles. The Balaban J connectivity index is 2.76. The monoisotopic (exact) mass is 292 g/mol. The van der Waals surface area contributed by atoms with Crippen molar-refractivity contribution in [1.82, 2.24) is 10.6 Å². The van der Waals surface area contributed by atoms with Gasteiger partial charge in [0.25, 0.3) is 0 Å². The van der Waals surface area contributed by atoms with Crippen LogP contribution in [0, 0.1) is 12.8 Å². The van der Waals surface area contributed by atoms with Gasteiger partial charge in [-0.15, -0.1) is 0 Å². The van der Waals surface area contributed by atoms with Crippen molar-refractivity contribution >= 4 is 5.91 Å². The molecule has 1 aromatic carbocycles. The predicted molar refractivity (Wildman–Crippen MR) is 86.5 cm³/mol. The largest absolute Gasteiger partial charge is 0.488 e. The Bertz CT molecular complexity index is 478. The normalized spacial score (nSPS) is 12.9. The smallest absolute Gasteiger partial charge is 0.224 e. The van der Waals surface area contributed by atoms with Crippen LogP contribution in [0.1, 0.15) is 38.8 Å². The van der Waals surface area contributed by atoms with E-state index in [4.69, 9.17) is 4.74 Å². The first kappa shape index (κ1) is 17.5. The van der Waals surface area contributed by atoms with E-state index in [-0.39, 0.29) is 17.4 Å². The summed E-state index contributed by atoms with van der Waals surface area (Å²) in [5.74, 6) is 0.836. The summed E-state index contributed by atoms with van der Waals surface area (Å²) >= 11 is 0. The number of nitrogens with one attached hydrogen (secondary N) is 2. The molecular weight excluding hydrogens is 264 g/mol. The van der Waals surface area contributed by atoms with Gasteiger partial charge in [0, 0.05) is 24.6 Å².